The van der Waals surface area contributed by atoms with Crippen molar-refractivity contribution in [1.29, 1.82) is 0 Å². The molecule has 1 aromatic rings. The number of phenolic OH excluding ortho intramolecular Hbond substituents is 1. The average molecular weight is 232 g/mol. The van der Waals surface area contributed by atoms with Crippen molar-refractivity contribution < 1.29 is 9.90 Å². The molecule has 1 atom stereocenters. The molecule has 1 aliphatic carbocycles. The van der Waals surface area contributed by atoms with Crippen molar-refractivity contribution in [2.45, 2.75) is 25.8 Å². The Morgan fingerprint density at radius 1 is 1.41 bits per heavy atom. The molecule has 0 bridgehead atoms. The summed E-state index contributed by atoms with van der Waals surface area (Å²) in [6.45, 7) is 2.01. The first-order chi connectivity index (χ1) is 8.16. The molecule has 1 aromatic carbocycles. The normalized spacial score (nSPS) is 18.6. The van der Waals surface area contributed by atoms with Crippen LogP contribution in [0.15, 0.2) is 35.9 Å². The Hall–Kier alpha value is -1.97. The van der Waals surface area contributed by atoms with E-state index in [0.29, 0.717) is 5.69 Å². The lowest BCUT2D eigenvalue weighted by atomic mass is 10.2. The van der Waals surface area contributed by atoms with Gasteiger partial charge in [0.05, 0.1) is 11.7 Å². The zero-order valence-corrected chi connectivity index (χ0v) is 9.73. The SMILES string of the molecule is CC1=CCCC1NC(=O)Nc1ccccc1O. The quantitative estimate of drug-likeness (QED) is 0.542. The molecule has 17 heavy (non-hydrogen) atoms. The first-order valence-corrected chi connectivity index (χ1v) is 5.69. The predicted octanol–water partition coefficient (Wildman–Crippen LogP) is 2.62. The number of allylic oxidation sites excluding steroid dienone is 1. The highest BCUT2D eigenvalue weighted by molar-refractivity contribution is 5.91. The molecule has 0 saturated carbocycles. The van der Waals surface area contributed by atoms with Crippen LogP contribution in [0.5, 0.6) is 5.75 Å². The summed E-state index contributed by atoms with van der Waals surface area (Å²) in [6.07, 6.45) is 4.08. The fraction of sp³-hybridized carbons (Fsp3) is 0.308. The van der Waals surface area contributed by atoms with Crippen LogP contribution in [0, 0.1) is 0 Å². The number of hydrogen-bond acceptors (Lipinski definition) is 2. The highest BCUT2D eigenvalue weighted by Crippen LogP contribution is 2.22. The van der Waals surface area contributed by atoms with E-state index in [4.69, 9.17) is 0 Å². The number of carbonyl (C=O) groups excluding carboxylic acids is 1. The van der Waals surface area contributed by atoms with Gasteiger partial charge < -0.3 is 15.7 Å². The Labute approximate surface area is 100 Å². The number of hydrogen-bond donors (Lipinski definition) is 3. The monoisotopic (exact) mass is 232 g/mol. The van der Waals surface area contributed by atoms with E-state index in [1.165, 1.54) is 11.6 Å². The van der Waals surface area contributed by atoms with Crippen molar-refractivity contribution in [3.05, 3.63) is 35.9 Å². The Morgan fingerprint density at radius 2 is 2.18 bits per heavy atom. The van der Waals surface area contributed by atoms with Crippen LogP contribution in [0.25, 0.3) is 0 Å². The highest BCUT2D eigenvalue weighted by atomic mass is 16.3. The smallest absolute Gasteiger partial charge is 0.319 e. The van der Waals surface area contributed by atoms with Gasteiger partial charge in [-0.2, -0.15) is 0 Å². The molecule has 4 heteroatoms. The molecular weight excluding hydrogens is 216 g/mol. The van der Waals surface area contributed by atoms with Gasteiger partial charge in [0.1, 0.15) is 5.75 Å². The third-order valence-corrected chi connectivity index (χ3v) is 2.93. The molecule has 1 unspecified atom stereocenters. The number of amides is 2. The predicted molar refractivity (Wildman–Crippen MR) is 67.0 cm³/mol. The molecule has 2 rings (SSSR count). The Kier molecular flexibility index (Phi) is 3.32. The minimum atomic E-state index is -0.286. The third-order valence-electron chi connectivity index (χ3n) is 2.93. The molecule has 0 aliphatic heterocycles. The first kappa shape index (κ1) is 11.5. The molecule has 4 nitrogen and oxygen atoms in total. The number of nitrogens with one attached hydrogen (secondary N) is 2. The molecule has 0 spiro atoms. The summed E-state index contributed by atoms with van der Waals surface area (Å²) < 4.78 is 0. The van der Waals surface area contributed by atoms with Gasteiger partial charge in [0.2, 0.25) is 0 Å². The Bertz CT molecular complexity index is 454. The van der Waals surface area contributed by atoms with E-state index in [0.717, 1.165) is 12.8 Å². The molecule has 90 valence electrons. The van der Waals surface area contributed by atoms with Crippen molar-refractivity contribution in [2.75, 3.05) is 5.32 Å². The zero-order chi connectivity index (χ0) is 12.3. The lowest BCUT2D eigenvalue weighted by Crippen LogP contribution is -2.37. The molecule has 0 fully saturated rings. The second-order valence-electron chi connectivity index (χ2n) is 4.19. The van der Waals surface area contributed by atoms with Gasteiger partial charge in [-0.1, -0.05) is 23.8 Å². The first-order valence-electron chi connectivity index (χ1n) is 5.69. The van der Waals surface area contributed by atoms with E-state index in [-0.39, 0.29) is 17.8 Å². The topological polar surface area (TPSA) is 61.4 Å². The van der Waals surface area contributed by atoms with Crippen LogP contribution in [-0.4, -0.2) is 17.2 Å². The standard InChI is InChI=1S/C13H16N2O2/c1-9-5-4-7-10(9)14-13(17)15-11-6-2-3-8-12(11)16/h2-3,5-6,8,10,16H,4,7H2,1H3,(H2,14,15,17). The van der Waals surface area contributed by atoms with Gasteiger partial charge in [-0.3, -0.25) is 0 Å². The van der Waals surface area contributed by atoms with E-state index < -0.39 is 0 Å². The van der Waals surface area contributed by atoms with Crippen molar-refractivity contribution >= 4 is 11.7 Å². The summed E-state index contributed by atoms with van der Waals surface area (Å²) in [5.41, 5.74) is 1.61. The van der Waals surface area contributed by atoms with Crippen molar-refractivity contribution in [3.8, 4) is 5.75 Å². The molecule has 0 saturated heterocycles. The fourth-order valence-electron chi connectivity index (χ4n) is 1.93. The summed E-state index contributed by atoms with van der Waals surface area (Å²) in [7, 11) is 0. The van der Waals surface area contributed by atoms with Gasteiger partial charge in [0.15, 0.2) is 0 Å². The number of carbonyl (C=O) groups is 1. The zero-order valence-electron chi connectivity index (χ0n) is 9.73. The second kappa shape index (κ2) is 4.91. The van der Waals surface area contributed by atoms with Crippen LogP contribution >= 0.6 is 0 Å². The van der Waals surface area contributed by atoms with E-state index >= 15 is 0 Å². The maximum atomic E-state index is 11.7. The Balaban J connectivity index is 1.94. The largest absolute Gasteiger partial charge is 0.506 e. The fourth-order valence-corrected chi connectivity index (χ4v) is 1.93. The van der Waals surface area contributed by atoms with Gasteiger partial charge in [-0.25, -0.2) is 4.79 Å². The van der Waals surface area contributed by atoms with Gasteiger partial charge in [-0.15, -0.1) is 0 Å². The molecule has 3 N–H and O–H groups in total. The van der Waals surface area contributed by atoms with Gasteiger partial charge in [0, 0.05) is 0 Å². The summed E-state index contributed by atoms with van der Waals surface area (Å²) in [6, 6.07) is 6.49. The van der Waals surface area contributed by atoms with E-state index in [9.17, 15) is 9.90 Å². The number of para-hydroxylation sites is 2. The highest BCUT2D eigenvalue weighted by Gasteiger charge is 2.17. The molecule has 1 aliphatic rings. The molecule has 0 aromatic heterocycles. The van der Waals surface area contributed by atoms with Gasteiger partial charge in [0.25, 0.3) is 0 Å². The maximum absolute atomic E-state index is 11.7. The number of anilines is 1. The second-order valence-corrected chi connectivity index (χ2v) is 4.19. The number of rotatable bonds is 2. The van der Waals surface area contributed by atoms with E-state index in [2.05, 4.69) is 16.7 Å². The molecular formula is C13H16N2O2. The molecule has 0 heterocycles. The lowest BCUT2D eigenvalue weighted by Gasteiger charge is -2.15. The number of phenols is 1. The van der Waals surface area contributed by atoms with Crippen molar-refractivity contribution in [2.24, 2.45) is 0 Å². The molecule has 2 amide bonds. The number of aromatic hydroxyl groups is 1. The minimum Gasteiger partial charge on any atom is -0.506 e. The lowest BCUT2D eigenvalue weighted by molar-refractivity contribution is 0.249. The minimum absolute atomic E-state index is 0.0707. The van der Waals surface area contributed by atoms with E-state index in [1.54, 1.807) is 18.2 Å². The van der Waals surface area contributed by atoms with Crippen molar-refractivity contribution in [3.63, 3.8) is 0 Å². The Morgan fingerprint density at radius 3 is 2.82 bits per heavy atom. The van der Waals surface area contributed by atoms with E-state index in [1.807, 2.05) is 6.92 Å². The van der Waals surface area contributed by atoms with Crippen LogP contribution in [0.3, 0.4) is 0 Å². The van der Waals surface area contributed by atoms with Crippen LogP contribution in [0.2, 0.25) is 0 Å². The van der Waals surface area contributed by atoms with Gasteiger partial charge >= 0.3 is 6.03 Å². The van der Waals surface area contributed by atoms with Gasteiger partial charge in [-0.05, 0) is 31.9 Å². The maximum Gasteiger partial charge on any atom is 0.319 e. The third kappa shape index (κ3) is 2.78. The van der Waals surface area contributed by atoms with Crippen LogP contribution < -0.4 is 10.6 Å². The van der Waals surface area contributed by atoms with Crippen LogP contribution in [0.1, 0.15) is 19.8 Å². The molecule has 0 radical (unpaired) electrons. The summed E-state index contributed by atoms with van der Waals surface area (Å²) in [5, 5.41) is 15.0. The van der Waals surface area contributed by atoms with Crippen LogP contribution in [0.4, 0.5) is 10.5 Å². The van der Waals surface area contributed by atoms with Crippen molar-refractivity contribution in [1.82, 2.24) is 5.32 Å². The average Bonchev–Trinajstić information content (AvgIpc) is 2.68. The summed E-state index contributed by atoms with van der Waals surface area (Å²) in [4.78, 5) is 11.7. The van der Waals surface area contributed by atoms with Crippen LogP contribution in [-0.2, 0) is 0 Å². The summed E-state index contributed by atoms with van der Waals surface area (Å²) >= 11 is 0. The number of benzene rings is 1. The number of urea groups is 1. The summed E-state index contributed by atoms with van der Waals surface area (Å²) in [5.74, 6) is 0.0707.